The Labute approximate surface area is 127 Å². The van der Waals surface area contributed by atoms with Crippen molar-refractivity contribution in [1.82, 2.24) is 5.16 Å². The minimum atomic E-state index is -0.882. The Morgan fingerprint density at radius 1 is 1.32 bits per heavy atom. The fraction of sp³-hybridized carbons (Fsp3) is 0.312. The number of amides is 1. The van der Waals surface area contributed by atoms with E-state index in [0.717, 1.165) is 18.6 Å². The average Bonchev–Trinajstić information content (AvgIpc) is 3.24. The smallest absolute Gasteiger partial charge is 0.310 e. The van der Waals surface area contributed by atoms with Crippen LogP contribution in [0.3, 0.4) is 0 Å². The Balaban J connectivity index is 1.66. The maximum atomic E-state index is 12.1. The number of aliphatic carboxylic acids is 1. The third-order valence-corrected chi connectivity index (χ3v) is 3.78. The Morgan fingerprint density at radius 2 is 2.00 bits per heavy atom. The molecule has 0 radical (unpaired) electrons. The van der Waals surface area contributed by atoms with Crippen LogP contribution in [0, 0.1) is 0 Å². The first-order chi connectivity index (χ1) is 10.5. The highest BCUT2D eigenvalue weighted by molar-refractivity contribution is 6.02. The van der Waals surface area contributed by atoms with Crippen LogP contribution >= 0.6 is 0 Å². The van der Waals surface area contributed by atoms with Gasteiger partial charge in [-0.3, -0.25) is 9.59 Å². The van der Waals surface area contributed by atoms with Gasteiger partial charge in [-0.25, -0.2) is 0 Å². The number of rotatable bonds is 5. The van der Waals surface area contributed by atoms with Crippen molar-refractivity contribution in [2.24, 2.45) is 0 Å². The molecule has 1 saturated carbocycles. The third kappa shape index (κ3) is 3.00. The maximum Gasteiger partial charge on any atom is 0.310 e. The first-order valence-electron chi connectivity index (χ1n) is 7.15. The van der Waals surface area contributed by atoms with E-state index < -0.39 is 11.9 Å². The number of carboxylic acid groups (broad SMARTS) is 1. The Hall–Kier alpha value is -2.63. The minimum absolute atomic E-state index is 0.255. The second kappa shape index (κ2) is 5.63. The summed E-state index contributed by atoms with van der Waals surface area (Å²) in [6.45, 7) is 1.62. The molecule has 1 aliphatic rings. The van der Waals surface area contributed by atoms with Crippen molar-refractivity contribution < 1.29 is 19.2 Å². The van der Waals surface area contributed by atoms with E-state index in [1.807, 2.05) is 0 Å². The van der Waals surface area contributed by atoms with Gasteiger partial charge in [-0.05, 0) is 37.5 Å². The number of nitrogens with one attached hydrogen (secondary N) is 1. The normalized spacial score (nSPS) is 15.3. The molecular formula is C16H16N2O4. The standard InChI is InChI=1S/C16H16N2O4/c1-9(16(20)21)10-4-6-12(7-5-10)17-15(19)13-8-14(22-18-13)11-2-3-11/h4-9,11H,2-3H2,1H3,(H,17,19)(H,20,21). The Bertz CT molecular complexity index is 701. The van der Waals surface area contributed by atoms with Crippen LogP contribution in [0.25, 0.3) is 0 Å². The summed E-state index contributed by atoms with van der Waals surface area (Å²) < 4.78 is 5.15. The number of hydrogen-bond acceptors (Lipinski definition) is 4. The van der Waals surface area contributed by atoms with Crippen LogP contribution in [0.4, 0.5) is 5.69 Å². The van der Waals surface area contributed by atoms with Crippen molar-refractivity contribution in [3.63, 3.8) is 0 Å². The summed E-state index contributed by atoms with van der Waals surface area (Å²) in [6, 6.07) is 8.40. The van der Waals surface area contributed by atoms with Crippen LogP contribution in [-0.4, -0.2) is 22.1 Å². The molecule has 1 aliphatic carbocycles. The van der Waals surface area contributed by atoms with Gasteiger partial charge in [0.2, 0.25) is 0 Å². The van der Waals surface area contributed by atoms with E-state index in [4.69, 9.17) is 9.63 Å². The van der Waals surface area contributed by atoms with Gasteiger partial charge in [-0.15, -0.1) is 0 Å². The molecule has 6 nitrogen and oxygen atoms in total. The molecule has 2 aromatic rings. The van der Waals surface area contributed by atoms with Crippen molar-refractivity contribution >= 4 is 17.6 Å². The van der Waals surface area contributed by atoms with Gasteiger partial charge in [0.15, 0.2) is 5.69 Å². The van der Waals surface area contributed by atoms with Crippen LogP contribution in [0.15, 0.2) is 34.9 Å². The topological polar surface area (TPSA) is 92.4 Å². The van der Waals surface area contributed by atoms with Crippen molar-refractivity contribution in [2.45, 2.75) is 31.6 Å². The molecule has 1 fully saturated rings. The molecule has 0 saturated heterocycles. The van der Waals surface area contributed by atoms with Gasteiger partial charge >= 0.3 is 5.97 Å². The highest BCUT2D eigenvalue weighted by Crippen LogP contribution is 2.40. The van der Waals surface area contributed by atoms with Crippen LogP contribution in [0.1, 0.15) is 53.4 Å². The van der Waals surface area contributed by atoms with E-state index in [0.29, 0.717) is 17.2 Å². The lowest BCUT2D eigenvalue weighted by Gasteiger charge is -2.08. The molecule has 1 heterocycles. The summed E-state index contributed by atoms with van der Waals surface area (Å²) >= 11 is 0. The minimum Gasteiger partial charge on any atom is -0.481 e. The number of hydrogen-bond donors (Lipinski definition) is 2. The molecule has 1 unspecified atom stereocenters. The number of nitrogens with zero attached hydrogens (tertiary/aromatic N) is 1. The van der Waals surface area contributed by atoms with Gasteiger partial charge in [-0.2, -0.15) is 0 Å². The van der Waals surface area contributed by atoms with Gasteiger partial charge in [0.1, 0.15) is 5.76 Å². The summed E-state index contributed by atoms with van der Waals surface area (Å²) in [4.78, 5) is 23.0. The van der Waals surface area contributed by atoms with E-state index in [-0.39, 0.29) is 11.6 Å². The fourth-order valence-electron chi connectivity index (χ4n) is 2.15. The SMILES string of the molecule is CC(C(=O)O)c1ccc(NC(=O)c2cc(C3CC3)on2)cc1. The zero-order valence-corrected chi connectivity index (χ0v) is 12.1. The van der Waals surface area contributed by atoms with E-state index >= 15 is 0 Å². The molecule has 0 spiro atoms. The fourth-order valence-corrected chi connectivity index (χ4v) is 2.15. The Morgan fingerprint density at radius 3 is 2.59 bits per heavy atom. The van der Waals surface area contributed by atoms with Crippen molar-refractivity contribution in [1.29, 1.82) is 0 Å². The zero-order chi connectivity index (χ0) is 15.7. The number of carbonyl (C=O) groups is 2. The van der Waals surface area contributed by atoms with Crippen molar-refractivity contribution in [2.75, 3.05) is 5.32 Å². The van der Waals surface area contributed by atoms with Crippen LogP contribution in [0.5, 0.6) is 0 Å². The van der Waals surface area contributed by atoms with Crippen LogP contribution in [0.2, 0.25) is 0 Å². The number of benzene rings is 1. The first-order valence-corrected chi connectivity index (χ1v) is 7.15. The highest BCUT2D eigenvalue weighted by atomic mass is 16.5. The van der Waals surface area contributed by atoms with E-state index in [2.05, 4.69) is 10.5 Å². The van der Waals surface area contributed by atoms with Gasteiger partial charge < -0.3 is 14.9 Å². The van der Waals surface area contributed by atoms with E-state index in [1.165, 1.54) is 0 Å². The summed E-state index contributed by atoms with van der Waals surface area (Å²) in [5.74, 6) is -0.635. The van der Waals surface area contributed by atoms with E-state index in [9.17, 15) is 9.59 Å². The second-order valence-electron chi connectivity index (χ2n) is 5.52. The van der Waals surface area contributed by atoms with E-state index in [1.54, 1.807) is 37.3 Å². The average molecular weight is 300 g/mol. The molecule has 0 aliphatic heterocycles. The number of anilines is 1. The largest absolute Gasteiger partial charge is 0.481 e. The quantitative estimate of drug-likeness (QED) is 0.885. The predicted molar refractivity (Wildman–Crippen MR) is 78.9 cm³/mol. The van der Waals surface area contributed by atoms with Crippen molar-refractivity contribution in [3.8, 4) is 0 Å². The zero-order valence-electron chi connectivity index (χ0n) is 12.1. The molecule has 2 N–H and O–H groups in total. The maximum absolute atomic E-state index is 12.1. The molecule has 3 rings (SSSR count). The molecule has 1 atom stereocenters. The first kappa shape index (κ1) is 14.3. The summed E-state index contributed by atoms with van der Waals surface area (Å²) in [7, 11) is 0. The third-order valence-electron chi connectivity index (χ3n) is 3.78. The molecular weight excluding hydrogens is 284 g/mol. The molecule has 0 bridgehead atoms. The Kier molecular flexibility index (Phi) is 3.66. The molecule has 1 amide bonds. The second-order valence-corrected chi connectivity index (χ2v) is 5.52. The number of carboxylic acids is 1. The van der Waals surface area contributed by atoms with Crippen LogP contribution < -0.4 is 5.32 Å². The summed E-state index contributed by atoms with van der Waals surface area (Å²) in [5, 5.41) is 15.5. The number of aromatic nitrogens is 1. The molecule has 1 aromatic heterocycles. The lowest BCUT2D eigenvalue weighted by atomic mass is 10.0. The molecule has 6 heteroatoms. The molecule has 1 aromatic carbocycles. The molecule has 22 heavy (non-hydrogen) atoms. The van der Waals surface area contributed by atoms with Gasteiger partial charge in [0.25, 0.3) is 5.91 Å². The van der Waals surface area contributed by atoms with Gasteiger partial charge in [0, 0.05) is 17.7 Å². The lowest BCUT2D eigenvalue weighted by Crippen LogP contribution is -2.12. The van der Waals surface area contributed by atoms with Crippen molar-refractivity contribution in [3.05, 3.63) is 47.3 Å². The van der Waals surface area contributed by atoms with Crippen LogP contribution in [-0.2, 0) is 4.79 Å². The predicted octanol–water partition coefficient (Wildman–Crippen LogP) is 2.99. The highest BCUT2D eigenvalue weighted by Gasteiger charge is 2.28. The lowest BCUT2D eigenvalue weighted by molar-refractivity contribution is -0.138. The summed E-state index contributed by atoms with van der Waals surface area (Å²) in [5.41, 5.74) is 1.52. The van der Waals surface area contributed by atoms with Gasteiger partial charge in [0.05, 0.1) is 5.92 Å². The molecule has 114 valence electrons. The number of carbonyl (C=O) groups excluding carboxylic acids is 1. The van der Waals surface area contributed by atoms with Gasteiger partial charge in [-0.1, -0.05) is 17.3 Å². The monoisotopic (exact) mass is 300 g/mol. The summed E-state index contributed by atoms with van der Waals surface area (Å²) in [6.07, 6.45) is 2.17.